The molecule has 0 aromatic heterocycles. The van der Waals surface area contributed by atoms with Crippen LogP contribution in [0.1, 0.15) is 39.2 Å². The second-order valence-corrected chi connectivity index (χ2v) is 5.93. The molecule has 4 heteroatoms. The number of benzene rings is 1. The van der Waals surface area contributed by atoms with E-state index in [-0.39, 0.29) is 5.91 Å². The van der Waals surface area contributed by atoms with Crippen LogP contribution in [0.25, 0.3) is 0 Å². The maximum atomic E-state index is 11.9. The summed E-state index contributed by atoms with van der Waals surface area (Å²) in [5.41, 5.74) is 6.46. The van der Waals surface area contributed by atoms with Crippen molar-refractivity contribution in [3.8, 4) is 0 Å². The fraction of sp³-hybridized carbons (Fsp3) is 0.500. The van der Waals surface area contributed by atoms with Gasteiger partial charge in [0.05, 0.1) is 11.6 Å². The minimum absolute atomic E-state index is 0.0928. The number of carbonyl (C=O) groups is 1. The average Bonchev–Trinajstić information content (AvgIpc) is 2.29. The van der Waals surface area contributed by atoms with E-state index >= 15 is 0 Å². The summed E-state index contributed by atoms with van der Waals surface area (Å²) in [7, 11) is 0. The molecule has 3 nitrogen and oxygen atoms in total. The Balaban J connectivity index is 2.75. The molecule has 100 valence electrons. The van der Waals surface area contributed by atoms with Gasteiger partial charge >= 0.3 is 0 Å². The summed E-state index contributed by atoms with van der Waals surface area (Å²) in [5, 5.41) is 3.00. The Bertz CT molecular complexity index is 401. The number of carbonyl (C=O) groups excluding carboxylic acids is 1. The summed E-state index contributed by atoms with van der Waals surface area (Å²) < 4.78 is 1.02. The van der Waals surface area contributed by atoms with E-state index in [1.165, 1.54) is 0 Å². The number of halogens is 1. The number of nitrogens with two attached hydrogens (primary N) is 1. The third kappa shape index (κ3) is 4.10. The summed E-state index contributed by atoms with van der Waals surface area (Å²) in [6, 6.07) is 7.50. The van der Waals surface area contributed by atoms with Crippen molar-refractivity contribution in [3.05, 3.63) is 34.3 Å². The number of amides is 1. The lowest BCUT2D eigenvalue weighted by Gasteiger charge is -2.28. The van der Waals surface area contributed by atoms with Crippen molar-refractivity contribution in [3.63, 3.8) is 0 Å². The van der Waals surface area contributed by atoms with Crippen LogP contribution >= 0.6 is 15.9 Å². The minimum Gasteiger partial charge on any atom is -0.346 e. The second kappa shape index (κ2) is 6.34. The Hall–Kier alpha value is -0.870. The van der Waals surface area contributed by atoms with E-state index in [1.807, 2.05) is 45.0 Å². The van der Waals surface area contributed by atoms with Crippen LogP contribution in [0.15, 0.2) is 28.7 Å². The summed E-state index contributed by atoms with van der Waals surface area (Å²) in [6.45, 7) is 5.98. The average molecular weight is 313 g/mol. The van der Waals surface area contributed by atoms with E-state index in [0.717, 1.165) is 16.5 Å². The third-order valence-corrected chi connectivity index (χ3v) is 3.47. The van der Waals surface area contributed by atoms with Gasteiger partial charge in [0.1, 0.15) is 0 Å². The zero-order valence-corrected chi connectivity index (χ0v) is 12.8. The van der Waals surface area contributed by atoms with Gasteiger partial charge in [0, 0.05) is 4.47 Å². The van der Waals surface area contributed by atoms with Crippen LogP contribution in [0, 0.1) is 0 Å². The molecule has 1 amide bonds. The second-order valence-electron chi connectivity index (χ2n) is 5.02. The van der Waals surface area contributed by atoms with Gasteiger partial charge in [-0.1, -0.05) is 41.4 Å². The molecular weight excluding hydrogens is 292 g/mol. The van der Waals surface area contributed by atoms with Gasteiger partial charge in [-0.05, 0) is 38.0 Å². The van der Waals surface area contributed by atoms with E-state index < -0.39 is 11.6 Å². The van der Waals surface area contributed by atoms with E-state index in [1.54, 1.807) is 0 Å². The molecule has 0 aliphatic carbocycles. The topological polar surface area (TPSA) is 55.1 Å². The Kier molecular flexibility index (Phi) is 5.35. The molecular formula is C14H21BrN2O. The SMILES string of the molecule is CCCC(N)C(=O)NC(C)(C)c1ccc(Br)cc1. The van der Waals surface area contributed by atoms with Crippen molar-refractivity contribution in [1.29, 1.82) is 0 Å². The van der Waals surface area contributed by atoms with Gasteiger partial charge < -0.3 is 11.1 Å². The molecule has 0 radical (unpaired) electrons. The Labute approximate surface area is 117 Å². The summed E-state index contributed by atoms with van der Waals surface area (Å²) in [4.78, 5) is 11.9. The van der Waals surface area contributed by atoms with Gasteiger partial charge in [-0.2, -0.15) is 0 Å². The highest BCUT2D eigenvalue weighted by atomic mass is 79.9. The number of rotatable bonds is 5. The van der Waals surface area contributed by atoms with Crippen molar-refractivity contribution in [2.75, 3.05) is 0 Å². The first kappa shape index (κ1) is 15.2. The zero-order valence-electron chi connectivity index (χ0n) is 11.2. The quantitative estimate of drug-likeness (QED) is 0.878. The largest absolute Gasteiger partial charge is 0.346 e. The normalized spacial score (nSPS) is 13.2. The van der Waals surface area contributed by atoms with Crippen LogP contribution in [0.4, 0.5) is 0 Å². The highest BCUT2D eigenvalue weighted by Gasteiger charge is 2.25. The molecule has 0 spiro atoms. The molecule has 0 saturated carbocycles. The zero-order chi connectivity index (χ0) is 13.8. The van der Waals surface area contributed by atoms with Gasteiger partial charge in [0.15, 0.2) is 0 Å². The monoisotopic (exact) mass is 312 g/mol. The van der Waals surface area contributed by atoms with Crippen LogP contribution < -0.4 is 11.1 Å². The molecule has 0 aliphatic rings. The molecule has 1 atom stereocenters. The minimum atomic E-state index is -0.426. The van der Waals surface area contributed by atoms with Gasteiger partial charge in [0.2, 0.25) is 5.91 Å². The smallest absolute Gasteiger partial charge is 0.237 e. The lowest BCUT2D eigenvalue weighted by Crippen LogP contribution is -2.48. The van der Waals surface area contributed by atoms with E-state index in [9.17, 15) is 4.79 Å². The molecule has 1 rings (SSSR count). The first-order valence-electron chi connectivity index (χ1n) is 6.20. The molecule has 1 aromatic carbocycles. The Morgan fingerprint density at radius 3 is 2.44 bits per heavy atom. The van der Waals surface area contributed by atoms with E-state index in [2.05, 4.69) is 21.2 Å². The number of hydrogen-bond donors (Lipinski definition) is 2. The maximum Gasteiger partial charge on any atom is 0.237 e. The molecule has 18 heavy (non-hydrogen) atoms. The molecule has 3 N–H and O–H groups in total. The Morgan fingerprint density at radius 1 is 1.39 bits per heavy atom. The molecule has 0 aliphatic heterocycles. The van der Waals surface area contributed by atoms with E-state index in [0.29, 0.717) is 6.42 Å². The van der Waals surface area contributed by atoms with Gasteiger partial charge in [0.25, 0.3) is 0 Å². The number of hydrogen-bond acceptors (Lipinski definition) is 2. The first-order valence-corrected chi connectivity index (χ1v) is 6.99. The summed E-state index contributed by atoms with van der Waals surface area (Å²) in [5.74, 6) is -0.0928. The lowest BCUT2D eigenvalue weighted by molar-refractivity contribution is -0.124. The van der Waals surface area contributed by atoms with Crippen LogP contribution in [0.3, 0.4) is 0 Å². The fourth-order valence-electron chi connectivity index (χ4n) is 1.78. The standard InChI is InChI=1S/C14H21BrN2O/c1-4-5-12(16)13(18)17-14(2,3)10-6-8-11(15)9-7-10/h6-9,12H,4-5,16H2,1-3H3,(H,17,18). The predicted molar refractivity (Wildman–Crippen MR) is 78.2 cm³/mol. The molecule has 1 unspecified atom stereocenters. The molecule has 0 bridgehead atoms. The van der Waals surface area contributed by atoms with E-state index in [4.69, 9.17) is 5.73 Å². The fourth-order valence-corrected chi connectivity index (χ4v) is 2.05. The molecule has 1 aromatic rings. The van der Waals surface area contributed by atoms with Gasteiger partial charge in [-0.25, -0.2) is 0 Å². The van der Waals surface area contributed by atoms with Crippen molar-refractivity contribution < 1.29 is 4.79 Å². The Morgan fingerprint density at radius 2 is 1.94 bits per heavy atom. The van der Waals surface area contributed by atoms with Crippen molar-refractivity contribution in [2.45, 2.75) is 45.2 Å². The maximum absolute atomic E-state index is 11.9. The summed E-state index contributed by atoms with van der Waals surface area (Å²) >= 11 is 3.40. The van der Waals surface area contributed by atoms with Crippen LogP contribution in [0.5, 0.6) is 0 Å². The van der Waals surface area contributed by atoms with Crippen LogP contribution in [-0.4, -0.2) is 11.9 Å². The highest BCUT2D eigenvalue weighted by Crippen LogP contribution is 2.22. The van der Waals surface area contributed by atoms with Crippen LogP contribution in [-0.2, 0) is 10.3 Å². The summed E-state index contributed by atoms with van der Waals surface area (Å²) in [6.07, 6.45) is 1.62. The van der Waals surface area contributed by atoms with Crippen molar-refractivity contribution in [2.24, 2.45) is 5.73 Å². The van der Waals surface area contributed by atoms with Crippen molar-refractivity contribution >= 4 is 21.8 Å². The third-order valence-electron chi connectivity index (χ3n) is 2.94. The molecule has 0 heterocycles. The molecule has 0 saturated heterocycles. The van der Waals surface area contributed by atoms with Crippen molar-refractivity contribution in [1.82, 2.24) is 5.32 Å². The van der Waals surface area contributed by atoms with Gasteiger partial charge in [-0.15, -0.1) is 0 Å². The van der Waals surface area contributed by atoms with Gasteiger partial charge in [-0.3, -0.25) is 4.79 Å². The molecule has 0 fully saturated rings. The number of nitrogens with one attached hydrogen (secondary N) is 1. The lowest BCUT2D eigenvalue weighted by atomic mass is 9.94. The highest BCUT2D eigenvalue weighted by molar-refractivity contribution is 9.10. The first-order chi connectivity index (χ1) is 8.36. The predicted octanol–water partition coefficient (Wildman–Crippen LogP) is 2.93. The van der Waals surface area contributed by atoms with Crippen LogP contribution in [0.2, 0.25) is 0 Å².